The fraction of sp³-hybridized carbons (Fsp3) is 0.455. The summed E-state index contributed by atoms with van der Waals surface area (Å²) in [5, 5.41) is 0. The van der Waals surface area contributed by atoms with Crippen LogP contribution in [0.4, 0.5) is 0 Å². The summed E-state index contributed by atoms with van der Waals surface area (Å²) in [6, 6.07) is 32.7. The summed E-state index contributed by atoms with van der Waals surface area (Å²) >= 11 is 7.82. The maximum Gasteiger partial charge on any atom is 0.333 e. The minimum absolute atomic E-state index is 0.106. The Bertz CT molecular complexity index is 1050. The van der Waals surface area contributed by atoms with Gasteiger partial charge >= 0.3 is 8.60 Å². The molecule has 0 heterocycles. The van der Waals surface area contributed by atoms with Gasteiger partial charge in [-0.1, -0.05) is 159 Å². The highest BCUT2D eigenvalue weighted by Gasteiger charge is 2.44. The number of halogens is 3. The second-order valence-corrected chi connectivity index (χ2v) is 17.8. The van der Waals surface area contributed by atoms with E-state index in [1.807, 2.05) is 0 Å². The van der Waals surface area contributed by atoms with Gasteiger partial charge in [0.15, 0.2) is 0 Å². The van der Waals surface area contributed by atoms with E-state index in [4.69, 9.17) is 13.6 Å². The Balaban J connectivity index is 1.26. The van der Waals surface area contributed by atoms with Crippen molar-refractivity contribution in [2.75, 3.05) is 0 Å². The van der Waals surface area contributed by atoms with Crippen LogP contribution in [0.25, 0.3) is 0 Å². The Labute approximate surface area is 281 Å². The Kier molecular flexibility index (Phi) is 10.8. The summed E-state index contributed by atoms with van der Waals surface area (Å²) in [5.41, 5.74) is 4.10. The number of hydrogen-bond donors (Lipinski definition) is 0. The number of rotatable bonds is 9. The van der Waals surface area contributed by atoms with Crippen LogP contribution < -0.4 is 0 Å². The van der Waals surface area contributed by atoms with Crippen LogP contribution in [-0.2, 0) is 13.6 Å². The lowest BCUT2D eigenvalue weighted by Gasteiger charge is -2.31. The minimum Gasteiger partial charge on any atom is -0.308 e. The molecule has 3 aliphatic carbocycles. The Morgan fingerprint density at radius 2 is 0.700 bits per heavy atom. The number of alkyl halides is 3. The smallest absolute Gasteiger partial charge is 0.308 e. The number of hydrogen-bond acceptors (Lipinski definition) is 3. The normalized spacial score (nSPS) is 34.7. The second kappa shape index (κ2) is 14.3. The molecule has 3 aromatic rings. The molecule has 212 valence electrons. The average molecular weight is 892 g/mol. The zero-order valence-corrected chi connectivity index (χ0v) is 29.8. The zero-order valence-electron chi connectivity index (χ0n) is 22.4. The largest absolute Gasteiger partial charge is 0.333 e. The van der Waals surface area contributed by atoms with Crippen LogP contribution in [0.1, 0.15) is 73.0 Å². The van der Waals surface area contributed by atoms with Crippen molar-refractivity contribution in [2.45, 2.75) is 86.4 Å². The van der Waals surface area contributed by atoms with Crippen molar-refractivity contribution >= 4 is 76.4 Å². The topological polar surface area (TPSA) is 27.7 Å². The van der Waals surface area contributed by atoms with Gasteiger partial charge in [0, 0.05) is 29.5 Å². The van der Waals surface area contributed by atoms with E-state index >= 15 is 0 Å². The van der Waals surface area contributed by atoms with Crippen LogP contribution in [0.2, 0.25) is 0 Å². The molecule has 0 saturated heterocycles. The molecule has 0 radical (unpaired) electrons. The van der Waals surface area contributed by atoms with Gasteiger partial charge in [-0.25, -0.2) is 0 Å². The monoisotopic (exact) mass is 892 g/mol. The van der Waals surface area contributed by atoms with Crippen LogP contribution in [0, 0.1) is 0 Å². The van der Waals surface area contributed by atoms with Crippen molar-refractivity contribution in [3.05, 3.63) is 108 Å². The van der Waals surface area contributed by atoms with Crippen molar-refractivity contribution in [1.29, 1.82) is 0 Å². The lowest BCUT2D eigenvalue weighted by molar-refractivity contribution is 0.0571. The van der Waals surface area contributed by atoms with Crippen LogP contribution in [0.5, 0.6) is 0 Å². The number of benzene rings is 3. The zero-order chi connectivity index (χ0) is 27.5. The van der Waals surface area contributed by atoms with Crippen LogP contribution in [-0.4, -0.2) is 30.1 Å². The predicted molar refractivity (Wildman–Crippen MR) is 190 cm³/mol. The molecule has 0 spiro atoms. The minimum atomic E-state index is -1.51. The van der Waals surface area contributed by atoms with Crippen molar-refractivity contribution < 1.29 is 13.6 Å². The molecule has 3 saturated carbocycles. The van der Waals surface area contributed by atoms with Gasteiger partial charge in [-0.15, -0.1) is 0 Å². The average Bonchev–Trinajstić information content (AvgIpc) is 3.65. The molecule has 6 rings (SSSR count). The van der Waals surface area contributed by atoms with Gasteiger partial charge < -0.3 is 13.6 Å². The molecular formula is C33H36I3O3P. The summed E-state index contributed by atoms with van der Waals surface area (Å²) in [7, 11) is -1.51. The first-order chi connectivity index (χ1) is 19.5. The molecule has 0 aliphatic heterocycles. The maximum absolute atomic E-state index is 7.02. The fourth-order valence-corrected chi connectivity index (χ4v) is 11.4. The standard InChI is InChI=1S/C33H36I3O3P/c34-25-16-28(22-10-4-1-5-11-22)31(19-25)37-40(38-32-20-26(35)17-29(32)23-12-6-2-7-13-23)39-33-21-27(36)18-30(33)24-14-8-3-9-15-24/h1-15,25-33H,16-21H2. The second-order valence-electron chi connectivity index (χ2n) is 11.4. The van der Waals surface area contributed by atoms with Gasteiger partial charge in [-0.05, 0) is 55.2 Å². The molecule has 0 N–H and O–H groups in total. The van der Waals surface area contributed by atoms with E-state index in [1.165, 1.54) is 16.7 Å². The molecule has 0 amide bonds. The molecule has 9 atom stereocenters. The molecular weight excluding hydrogens is 856 g/mol. The van der Waals surface area contributed by atoms with Crippen LogP contribution in [0.3, 0.4) is 0 Å². The van der Waals surface area contributed by atoms with E-state index in [9.17, 15) is 0 Å². The third-order valence-electron chi connectivity index (χ3n) is 8.69. The van der Waals surface area contributed by atoms with Gasteiger partial charge in [-0.2, -0.15) is 0 Å². The van der Waals surface area contributed by atoms with E-state index in [-0.39, 0.29) is 18.3 Å². The molecule has 9 unspecified atom stereocenters. The SMILES string of the molecule is IC1CC(OP(OC2CC(I)CC2c2ccccc2)OC2CC(I)CC2c2ccccc2)C(c2ccccc2)C1. The van der Waals surface area contributed by atoms with Crippen LogP contribution in [0.15, 0.2) is 91.0 Å². The van der Waals surface area contributed by atoms with Gasteiger partial charge in [0.1, 0.15) is 0 Å². The van der Waals surface area contributed by atoms with E-state index < -0.39 is 8.60 Å². The van der Waals surface area contributed by atoms with Gasteiger partial charge in [0.05, 0.1) is 18.3 Å². The first-order valence-electron chi connectivity index (χ1n) is 14.4. The van der Waals surface area contributed by atoms with Crippen molar-refractivity contribution in [2.24, 2.45) is 0 Å². The molecule has 3 aliphatic rings. The lowest BCUT2D eigenvalue weighted by Crippen LogP contribution is -2.23. The van der Waals surface area contributed by atoms with E-state index in [0.29, 0.717) is 29.5 Å². The summed E-state index contributed by atoms with van der Waals surface area (Å²) in [5.74, 6) is 1.12. The van der Waals surface area contributed by atoms with Crippen molar-refractivity contribution in [3.8, 4) is 0 Å². The Morgan fingerprint density at radius 3 is 0.975 bits per heavy atom. The van der Waals surface area contributed by atoms with E-state index in [2.05, 4.69) is 159 Å². The third kappa shape index (κ3) is 7.44. The molecule has 3 nitrogen and oxygen atoms in total. The first-order valence-corrected chi connectivity index (χ1v) is 19.2. The van der Waals surface area contributed by atoms with Gasteiger partial charge in [0.2, 0.25) is 0 Å². The van der Waals surface area contributed by atoms with Crippen molar-refractivity contribution in [1.82, 2.24) is 0 Å². The van der Waals surface area contributed by atoms with E-state index in [1.54, 1.807) is 0 Å². The van der Waals surface area contributed by atoms with Crippen LogP contribution >= 0.6 is 76.4 Å². The van der Waals surface area contributed by atoms with E-state index in [0.717, 1.165) is 38.5 Å². The highest BCUT2D eigenvalue weighted by Crippen LogP contribution is 2.56. The van der Waals surface area contributed by atoms with Crippen molar-refractivity contribution in [3.63, 3.8) is 0 Å². The third-order valence-corrected chi connectivity index (χ3v) is 13.1. The molecule has 3 fully saturated rings. The molecule has 7 heteroatoms. The maximum atomic E-state index is 7.02. The Hall–Kier alpha value is 0.160. The first kappa shape index (κ1) is 30.2. The highest BCUT2D eigenvalue weighted by molar-refractivity contribution is 14.1. The summed E-state index contributed by atoms with van der Waals surface area (Å²) in [6.45, 7) is 0. The quantitative estimate of drug-likeness (QED) is 0.122. The van der Waals surface area contributed by atoms with Gasteiger partial charge in [-0.3, -0.25) is 0 Å². The Morgan fingerprint density at radius 1 is 0.425 bits per heavy atom. The lowest BCUT2D eigenvalue weighted by atomic mass is 9.96. The highest BCUT2D eigenvalue weighted by atomic mass is 127. The molecule has 0 bridgehead atoms. The summed E-state index contributed by atoms with van der Waals surface area (Å²) < 4.78 is 22.8. The fourth-order valence-electron chi connectivity index (χ4n) is 6.73. The summed E-state index contributed by atoms with van der Waals surface area (Å²) in [6.07, 6.45) is 6.83. The summed E-state index contributed by atoms with van der Waals surface area (Å²) in [4.78, 5) is 0. The molecule has 3 aromatic carbocycles. The predicted octanol–water partition coefficient (Wildman–Crippen LogP) is 10.5. The molecule has 0 aromatic heterocycles. The van der Waals surface area contributed by atoms with Gasteiger partial charge in [0.25, 0.3) is 0 Å². The molecule has 40 heavy (non-hydrogen) atoms.